The van der Waals surface area contributed by atoms with Gasteiger partial charge in [-0.05, 0) is 31.0 Å². The van der Waals surface area contributed by atoms with Crippen LogP contribution in [0.5, 0.6) is 0 Å². The van der Waals surface area contributed by atoms with Crippen molar-refractivity contribution in [3.8, 4) is 0 Å². The Kier molecular flexibility index (Phi) is 2.92. The van der Waals surface area contributed by atoms with Crippen molar-refractivity contribution in [3.05, 3.63) is 23.2 Å². The molecule has 0 saturated carbocycles. The molecule has 1 aliphatic rings. The Morgan fingerprint density at radius 3 is 2.88 bits per heavy atom. The first-order chi connectivity index (χ1) is 7.59. The van der Waals surface area contributed by atoms with Crippen LogP contribution in [-0.4, -0.2) is 18.5 Å². The third-order valence-corrected chi connectivity index (χ3v) is 3.12. The molecule has 0 bridgehead atoms. The van der Waals surface area contributed by atoms with Crippen molar-refractivity contribution in [1.82, 2.24) is 0 Å². The summed E-state index contributed by atoms with van der Waals surface area (Å²) < 4.78 is 0. The van der Waals surface area contributed by atoms with Gasteiger partial charge in [0.25, 0.3) is 0 Å². The molecule has 1 heterocycles. The van der Waals surface area contributed by atoms with Crippen molar-refractivity contribution in [3.63, 3.8) is 0 Å². The summed E-state index contributed by atoms with van der Waals surface area (Å²) in [5.41, 5.74) is 12.7. The first kappa shape index (κ1) is 11.1. The van der Waals surface area contributed by atoms with Crippen LogP contribution in [0.2, 0.25) is 5.02 Å². The number of amides is 1. The number of nitrogens with zero attached hydrogens (tertiary/aromatic N) is 1. The normalized spacial score (nSPS) is 20.1. The van der Waals surface area contributed by atoms with E-state index < -0.39 is 0 Å². The number of nitrogen functional groups attached to an aromatic ring is 1. The van der Waals surface area contributed by atoms with Crippen LogP contribution < -0.4 is 16.4 Å². The fraction of sp³-hybridized carbons (Fsp3) is 0.364. The summed E-state index contributed by atoms with van der Waals surface area (Å²) in [6.07, 6.45) is 1.74. The molecule has 1 aromatic carbocycles. The van der Waals surface area contributed by atoms with E-state index in [1.165, 1.54) is 0 Å². The number of anilines is 2. The predicted octanol–water partition coefficient (Wildman–Crippen LogP) is 1.38. The van der Waals surface area contributed by atoms with E-state index in [-0.39, 0.29) is 11.9 Å². The van der Waals surface area contributed by atoms with Crippen LogP contribution in [0.4, 0.5) is 11.4 Å². The minimum Gasteiger partial charge on any atom is -0.397 e. The van der Waals surface area contributed by atoms with Gasteiger partial charge in [0, 0.05) is 11.6 Å². The molecule has 0 aliphatic carbocycles. The molecular weight excluding hydrogens is 226 g/mol. The van der Waals surface area contributed by atoms with Gasteiger partial charge in [0.1, 0.15) is 6.04 Å². The predicted molar refractivity (Wildman–Crippen MR) is 65.4 cm³/mol. The van der Waals surface area contributed by atoms with E-state index >= 15 is 0 Å². The number of hydrogen-bond donors (Lipinski definition) is 2. The summed E-state index contributed by atoms with van der Waals surface area (Å²) in [7, 11) is 0. The van der Waals surface area contributed by atoms with Gasteiger partial charge < -0.3 is 16.4 Å². The Labute approximate surface area is 99.2 Å². The van der Waals surface area contributed by atoms with E-state index in [1.807, 2.05) is 11.0 Å². The SMILES string of the molecule is NC(=O)C1CCCN1c1ccc(Cl)cc1N. The molecule has 5 heteroatoms. The standard InChI is InChI=1S/C11H14ClN3O/c12-7-3-4-9(8(13)6-7)15-5-1-2-10(15)11(14)16/h3-4,6,10H,1-2,5,13H2,(H2,14,16). The van der Waals surface area contributed by atoms with Gasteiger partial charge >= 0.3 is 0 Å². The minimum atomic E-state index is -0.299. The van der Waals surface area contributed by atoms with Gasteiger partial charge in [0.2, 0.25) is 5.91 Å². The number of carbonyl (C=O) groups is 1. The van der Waals surface area contributed by atoms with Gasteiger partial charge in [0.15, 0.2) is 0 Å². The second-order valence-electron chi connectivity index (χ2n) is 3.96. The quantitative estimate of drug-likeness (QED) is 0.766. The number of benzene rings is 1. The smallest absolute Gasteiger partial charge is 0.240 e. The Morgan fingerprint density at radius 1 is 1.50 bits per heavy atom. The lowest BCUT2D eigenvalue weighted by Gasteiger charge is -2.25. The molecule has 2 rings (SSSR count). The maximum absolute atomic E-state index is 11.3. The lowest BCUT2D eigenvalue weighted by atomic mass is 10.2. The summed E-state index contributed by atoms with van der Waals surface area (Å²) in [5.74, 6) is -0.299. The number of carbonyl (C=O) groups excluding carboxylic acids is 1. The molecule has 1 fully saturated rings. The fourth-order valence-corrected chi connectivity index (χ4v) is 2.32. The maximum atomic E-state index is 11.3. The van der Waals surface area contributed by atoms with Crippen LogP contribution in [0, 0.1) is 0 Å². The third-order valence-electron chi connectivity index (χ3n) is 2.88. The van der Waals surface area contributed by atoms with Crippen molar-refractivity contribution < 1.29 is 4.79 Å². The van der Waals surface area contributed by atoms with E-state index in [0.29, 0.717) is 10.7 Å². The molecule has 0 radical (unpaired) electrons. The summed E-state index contributed by atoms with van der Waals surface area (Å²) in [4.78, 5) is 13.2. The van der Waals surface area contributed by atoms with Gasteiger partial charge in [-0.1, -0.05) is 11.6 Å². The Bertz CT molecular complexity index is 422. The molecule has 1 atom stereocenters. The van der Waals surface area contributed by atoms with Gasteiger partial charge in [-0.2, -0.15) is 0 Å². The Hall–Kier alpha value is -1.42. The van der Waals surface area contributed by atoms with E-state index in [9.17, 15) is 4.79 Å². The first-order valence-electron chi connectivity index (χ1n) is 5.20. The highest BCUT2D eigenvalue weighted by atomic mass is 35.5. The minimum absolute atomic E-state index is 0.247. The van der Waals surface area contributed by atoms with E-state index in [0.717, 1.165) is 25.1 Å². The van der Waals surface area contributed by atoms with Crippen LogP contribution in [0.15, 0.2) is 18.2 Å². The zero-order valence-corrected chi connectivity index (χ0v) is 9.57. The highest BCUT2D eigenvalue weighted by Crippen LogP contribution is 2.31. The first-order valence-corrected chi connectivity index (χ1v) is 5.58. The van der Waals surface area contributed by atoms with E-state index in [1.54, 1.807) is 12.1 Å². The average molecular weight is 240 g/mol. The third kappa shape index (κ3) is 1.93. The summed E-state index contributed by atoms with van der Waals surface area (Å²) in [5, 5.41) is 0.594. The molecule has 86 valence electrons. The molecule has 1 amide bonds. The maximum Gasteiger partial charge on any atom is 0.240 e. The molecule has 4 N–H and O–H groups in total. The van der Waals surface area contributed by atoms with Crippen LogP contribution in [0.1, 0.15) is 12.8 Å². The number of rotatable bonds is 2. The zero-order valence-electron chi connectivity index (χ0n) is 8.82. The topological polar surface area (TPSA) is 72.4 Å². The molecule has 4 nitrogen and oxygen atoms in total. The van der Waals surface area contributed by atoms with Crippen molar-refractivity contribution in [1.29, 1.82) is 0 Å². The summed E-state index contributed by atoms with van der Waals surface area (Å²) >= 11 is 5.83. The van der Waals surface area contributed by atoms with E-state index in [2.05, 4.69) is 0 Å². The summed E-state index contributed by atoms with van der Waals surface area (Å²) in [6.45, 7) is 0.805. The Balaban J connectivity index is 2.32. The van der Waals surface area contributed by atoms with Crippen molar-refractivity contribution >= 4 is 28.9 Å². The number of halogens is 1. The number of nitrogens with two attached hydrogens (primary N) is 2. The highest BCUT2D eigenvalue weighted by molar-refractivity contribution is 6.31. The molecule has 0 spiro atoms. The molecule has 1 aromatic rings. The highest BCUT2D eigenvalue weighted by Gasteiger charge is 2.30. The molecular formula is C11H14ClN3O. The zero-order chi connectivity index (χ0) is 11.7. The second-order valence-corrected chi connectivity index (χ2v) is 4.39. The molecule has 1 aliphatic heterocycles. The van der Waals surface area contributed by atoms with Crippen LogP contribution in [0.3, 0.4) is 0 Å². The number of hydrogen-bond acceptors (Lipinski definition) is 3. The van der Waals surface area contributed by atoms with Crippen LogP contribution >= 0.6 is 11.6 Å². The van der Waals surface area contributed by atoms with E-state index in [4.69, 9.17) is 23.1 Å². The van der Waals surface area contributed by atoms with Crippen molar-refractivity contribution in [2.24, 2.45) is 5.73 Å². The molecule has 1 unspecified atom stereocenters. The van der Waals surface area contributed by atoms with Gasteiger partial charge in [-0.25, -0.2) is 0 Å². The van der Waals surface area contributed by atoms with Gasteiger partial charge in [0.05, 0.1) is 11.4 Å². The molecule has 1 saturated heterocycles. The lowest BCUT2D eigenvalue weighted by Crippen LogP contribution is -2.40. The van der Waals surface area contributed by atoms with Gasteiger partial charge in [-0.15, -0.1) is 0 Å². The van der Waals surface area contributed by atoms with Crippen LogP contribution in [-0.2, 0) is 4.79 Å². The monoisotopic (exact) mass is 239 g/mol. The number of primary amides is 1. The average Bonchev–Trinajstić information content (AvgIpc) is 2.66. The lowest BCUT2D eigenvalue weighted by molar-refractivity contribution is -0.119. The second kappa shape index (κ2) is 4.22. The summed E-state index contributed by atoms with van der Waals surface area (Å²) in [6, 6.07) is 5.04. The molecule has 0 aromatic heterocycles. The fourth-order valence-electron chi connectivity index (χ4n) is 2.14. The Morgan fingerprint density at radius 2 is 2.25 bits per heavy atom. The molecule has 16 heavy (non-hydrogen) atoms. The van der Waals surface area contributed by atoms with Crippen molar-refractivity contribution in [2.75, 3.05) is 17.2 Å². The largest absolute Gasteiger partial charge is 0.397 e. The van der Waals surface area contributed by atoms with Gasteiger partial charge in [-0.3, -0.25) is 4.79 Å². The van der Waals surface area contributed by atoms with Crippen LogP contribution in [0.25, 0.3) is 0 Å². The van der Waals surface area contributed by atoms with Crippen molar-refractivity contribution in [2.45, 2.75) is 18.9 Å².